The summed E-state index contributed by atoms with van der Waals surface area (Å²) in [5.41, 5.74) is 2.66. The first-order valence-corrected chi connectivity index (χ1v) is 12.9. The van der Waals surface area contributed by atoms with Crippen LogP contribution in [0.1, 0.15) is 49.1 Å². The Kier molecular flexibility index (Phi) is 8.51. The number of carboxylic acid groups (broad SMARTS) is 2. The van der Waals surface area contributed by atoms with Crippen LogP contribution in [0.4, 0.5) is 26.3 Å². The van der Waals surface area contributed by atoms with Crippen molar-refractivity contribution in [3.05, 3.63) is 54.7 Å². The van der Waals surface area contributed by atoms with E-state index in [0.29, 0.717) is 5.82 Å². The van der Waals surface area contributed by atoms with Crippen molar-refractivity contribution < 1.29 is 50.9 Å². The van der Waals surface area contributed by atoms with Gasteiger partial charge in [0.1, 0.15) is 0 Å². The summed E-state index contributed by atoms with van der Waals surface area (Å²) in [5, 5.41) is 17.7. The fourth-order valence-corrected chi connectivity index (χ4v) is 6.47. The maximum atomic E-state index is 13.4. The van der Waals surface area contributed by atoms with E-state index >= 15 is 0 Å². The molecule has 0 aliphatic heterocycles. The van der Waals surface area contributed by atoms with Gasteiger partial charge in [-0.3, -0.25) is 14.2 Å². The molecule has 42 heavy (non-hydrogen) atoms. The van der Waals surface area contributed by atoms with Crippen molar-refractivity contribution in [2.24, 2.45) is 17.8 Å². The zero-order chi connectivity index (χ0) is 30.9. The number of imidazole rings is 1. The number of carbonyl (C=O) groups is 3. The average Bonchev–Trinajstić information content (AvgIpc) is 3.28. The molecular formula is C27H26F6N4O5. The van der Waals surface area contributed by atoms with Crippen LogP contribution in [0.2, 0.25) is 0 Å². The van der Waals surface area contributed by atoms with E-state index in [4.69, 9.17) is 24.8 Å². The first-order chi connectivity index (χ1) is 19.6. The largest absolute Gasteiger partial charge is 0.490 e. The van der Waals surface area contributed by atoms with E-state index in [2.05, 4.69) is 10.3 Å². The van der Waals surface area contributed by atoms with Crippen molar-refractivity contribution in [2.45, 2.75) is 56.4 Å². The lowest BCUT2D eigenvalue weighted by molar-refractivity contribution is -0.193. The average molecular weight is 601 g/mol. The summed E-state index contributed by atoms with van der Waals surface area (Å²) < 4.78 is 65.4. The van der Waals surface area contributed by atoms with Gasteiger partial charge in [-0.25, -0.2) is 14.6 Å². The quantitative estimate of drug-likeness (QED) is 0.345. The maximum Gasteiger partial charge on any atom is 0.490 e. The van der Waals surface area contributed by atoms with Gasteiger partial charge in [0, 0.05) is 29.7 Å². The molecule has 4 bridgehead atoms. The Morgan fingerprint density at radius 3 is 1.83 bits per heavy atom. The number of rotatable bonds is 3. The number of nitrogens with one attached hydrogen (secondary N) is 1. The lowest BCUT2D eigenvalue weighted by Gasteiger charge is -2.56. The number of fused-ring (bicyclic) bond motifs is 1. The normalized spacial score (nSPS) is 24.2. The number of carboxylic acids is 2. The van der Waals surface area contributed by atoms with Gasteiger partial charge in [-0.15, -0.1) is 0 Å². The Balaban J connectivity index is 0.000000243. The van der Waals surface area contributed by atoms with Gasteiger partial charge in [-0.05, 0) is 80.5 Å². The Labute approximate surface area is 234 Å². The molecule has 0 spiro atoms. The predicted molar refractivity (Wildman–Crippen MR) is 134 cm³/mol. The minimum Gasteiger partial charge on any atom is -0.475 e. The van der Waals surface area contributed by atoms with E-state index in [-0.39, 0.29) is 11.4 Å². The van der Waals surface area contributed by atoms with E-state index in [9.17, 15) is 31.1 Å². The number of aliphatic carboxylic acids is 2. The molecule has 4 aliphatic carbocycles. The molecule has 226 valence electrons. The lowest BCUT2D eigenvalue weighted by Crippen LogP contribution is -2.60. The summed E-state index contributed by atoms with van der Waals surface area (Å²) in [6.45, 7) is 0. The van der Waals surface area contributed by atoms with Gasteiger partial charge < -0.3 is 15.5 Å². The Bertz CT molecular complexity index is 1400. The smallest absolute Gasteiger partial charge is 0.475 e. The third kappa shape index (κ3) is 6.99. The summed E-state index contributed by atoms with van der Waals surface area (Å²) in [5.74, 6) is -2.68. The number of alkyl halides is 6. The van der Waals surface area contributed by atoms with Crippen molar-refractivity contribution in [3.8, 4) is 11.3 Å². The monoisotopic (exact) mass is 600 g/mol. The summed E-state index contributed by atoms with van der Waals surface area (Å²) in [6, 6.07) is 9.83. The summed E-state index contributed by atoms with van der Waals surface area (Å²) in [6.07, 6.45) is 2.84. The van der Waals surface area contributed by atoms with Crippen LogP contribution in [-0.2, 0) is 9.59 Å². The Hall–Kier alpha value is -4.17. The zero-order valence-electron chi connectivity index (χ0n) is 21.8. The SMILES string of the molecule is O=C(NC12CC3CC(CC(C3)C1)C2)c1nc(-c2cccnc2)c2ccccn12.O=C(O)C(F)(F)F.O=C(O)C(F)(F)F. The van der Waals surface area contributed by atoms with Gasteiger partial charge in [0.05, 0.1) is 11.2 Å². The van der Waals surface area contributed by atoms with E-state index in [1.165, 1.54) is 19.3 Å². The molecule has 3 aromatic rings. The van der Waals surface area contributed by atoms with Gasteiger partial charge in [0.2, 0.25) is 5.82 Å². The Morgan fingerprint density at radius 2 is 1.38 bits per heavy atom. The van der Waals surface area contributed by atoms with Crippen molar-refractivity contribution >= 4 is 23.4 Å². The number of carbonyl (C=O) groups excluding carboxylic acids is 1. The third-order valence-electron chi connectivity index (χ3n) is 7.59. The van der Waals surface area contributed by atoms with Crippen molar-refractivity contribution in [1.82, 2.24) is 19.7 Å². The number of aromatic nitrogens is 3. The number of nitrogens with zero attached hydrogens (tertiary/aromatic N) is 3. The van der Waals surface area contributed by atoms with Gasteiger partial charge in [-0.2, -0.15) is 26.3 Å². The molecule has 4 aliphatic rings. The number of hydrogen-bond acceptors (Lipinski definition) is 5. The molecule has 4 fully saturated rings. The van der Waals surface area contributed by atoms with Crippen LogP contribution in [0.5, 0.6) is 0 Å². The van der Waals surface area contributed by atoms with Crippen LogP contribution < -0.4 is 5.32 Å². The molecule has 15 heteroatoms. The number of pyridine rings is 2. The van der Waals surface area contributed by atoms with Gasteiger partial charge in [0.25, 0.3) is 5.91 Å². The molecule has 0 aromatic carbocycles. The van der Waals surface area contributed by atoms with E-state index < -0.39 is 24.3 Å². The second-order valence-electron chi connectivity index (χ2n) is 10.7. The predicted octanol–water partition coefficient (Wildman–Crippen LogP) is 5.36. The summed E-state index contributed by atoms with van der Waals surface area (Å²) in [4.78, 5) is 40.2. The molecule has 0 saturated heterocycles. The minimum absolute atomic E-state index is 0.0130. The van der Waals surface area contributed by atoms with E-state index in [1.54, 1.807) is 12.4 Å². The maximum absolute atomic E-state index is 13.4. The molecule has 0 unspecified atom stereocenters. The van der Waals surface area contributed by atoms with Crippen molar-refractivity contribution in [3.63, 3.8) is 0 Å². The van der Waals surface area contributed by atoms with Gasteiger partial charge in [0.15, 0.2) is 0 Å². The minimum atomic E-state index is -5.08. The lowest BCUT2D eigenvalue weighted by atomic mass is 9.53. The molecule has 0 atom stereocenters. The van der Waals surface area contributed by atoms with Crippen LogP contribution in [0.3, 0.4) is 0 Å². The van der Waals surface area contributed by atoms with Crippen molar-refractivity contribution in [1.29, 1.82) is 0 Å². The second kappa shape index (κ2) is 11.6. The summed E-state index contributed by atoms with van der Waals surface area (Å²) >= 11 is 0. The van der Waals surface area contributed by atoms with Crippen LogP contribution in [-0.4, -0.2) is 60.3 Å². The molecule has 7 rings (SSSR count). The molecule has 3 heterocycles. The topological polar surface area (TPSA) is 134 Å². The van der Waals surface area contributed by atoms with Crippen molar-refractivity contribution in [2.75, 3.05) is 0 Å². The standard InChI is InChI=1S/C23H24N4O.2C2HF3O2/c28-22(26-23-11-15-8-16(12-23)10-17(9-15)13-23)21-25-20(18-4-3-6-24-14-18)19-5-1-2-7-27(19)21;2*3-2(4,5)1(6)7/h1-7,14-17H,8-13H2,(H,26,28);2*(H,6,7). The number of amides is 1. The van der Waals surface area contributed by atoms with Crippen LogP contribution in [0.15, 0.2) is 48.9 Å². The fraction of sp³-hybridized carbons (Fsp3) is 0.444. The highest BCUT2D eigenvalue weighted by molar-refractivity contribution is 5.95. The molecule has 4 saturated carbocycles. The first kappa shape index (κ1) is 30.8. The van der Waals surface area contributed by atoms with Crippen LogP contribution in [0.25, 0.3) is 16.8 Å². The first-order valence-electron chi connectivity index (χ1n) is 12.9. The number of halogens is 6. The summed E-state index contributed by atoms with van der Waals surface area (Å²) in [7, 11) is 0. The molecule has 0 radical (unpaired) electrons. The second-order valence-corrected chi connectivity index (χ2v) is 10.7. The van der Waals surface area contributed by atoms with Gasteiger partial charge in [-0.1, -0.05) is 6.07 Å². The van der Waals surface area contributed by atoms with Crippen LogP contribution in [0, 0.1) is 17.8 Å². The highest BCUT2D eigenvalue weighted by Crippen LogP contribution is 2.55. The molecule has 9 nitrogen and oxygen atoms in total. The van der Waals surface area contributed by atoms with E-state index in [0.717, 1.165) is 53.8 Å². The van der Waals surface area contributed by atoms with E-state index in [1.807, 2.05) is 40.9 Å². The number of hydrogen-bond donors (Lipinski definition) is 3. The molecule has 3 aromatic heterocycles. The van der Waals surface area contributed by atoms with Gasteiger partial charge >= 0.3 is 24.3 Å². The highest BCUT2D eigenvalue weighted by Gasteiger charge is 2.51. The third-order valence-corrected chi connectivity index (χ3v) is 7.59. The molecule has 3 N–H and O–H groups in total. The highest BCUT2D eigenvalue weighted by atomic mass is 19.4. The molecule has 1 amide bonds. The molecular weight excluding hydrogens is 574 g/mol. The Morgan fingerprint density at radius 1 is 0.857 bits per heavy atom. The zero-order valence-corrected chi connectivity index (χ0v) is 21.8. The van der Waals surface area contributed by atoms with Crippen LogP contribution >= 0.6 is 0 Å². The fourth-order valence-electron chi connectivity index (χ4n) is 6.47.